The molecule has 0 spiro atoms. The molecule has 0 N–H and O–H groups in total. The molecule has 186 valence electrons. The molecule has 8 nitrogen and oxygen atoms in total. The van der Waals surface area contributed by atoms with Gasteiger partial charge in [-0.1, -0.05) is 41.6 Å². The highest BCUT2D eigenvalue weighted by molar-refractivity contribution is 7.99. The van der Waals surface area contributed by atoms with E-state index in [9.17, 15) is 14.5 Å². The van der Waals surface area contributed by atoms with Gasteiger partial charge < -0.3 is 9.47 Å². The summed E-state index contributed by atoms with van der Waals surface area (Å²) in [6.07, 6.45) is 0. The van der Waals surface area contributed by atoms with Crippen molar-refractivity contribution in [3.05, 3.63) is 105 Å². The maximum Gasteiger partial charge on any atom is 0.220 e. The van der Waals surface area contributed by atoms with Crippen LogP contribution >= 0.6 is 23.4 Å². The second-order valence-corrected chi connectivity index (χ2v) is 9.40. The summed E-state index contributed by atoms with van der Waals surface area (Å²) >= 11 is 7.13. The van der Waals surface area contributed by atoms with Crippen molar-refractivity contribution in [1.29, 1.82) is 0 Å². The van der Waals surface area contributed by atoms with Crippen LogP contribution in [0.1, 0.15) is 22.2 Å². The minimum absolute atomic E-state index is 0.306. The Morgan fingerprint density at radius 2 is 1.81 bits per heavy atom. The average Bonchev–Trinajstić information content (AvgIpc) is 3.23. The highest BCUT2D eigenvalue weighted by atomic mass is 35.5. The summed E-state index contributed by atoms with van der Waals surface area (Å²) in [5.74, 6) is 1.17. The van der Waals surface area contributed by atoms with Gasteiger partial charge in [-0.15, -0.1) is 10.2 Å². The summed E-state index contributed by atoms with van der Waals surface area (Å²) in [4.78, 5) is 11.1. The van der Waals surface area contributed by atoms with Crippen LogP contribution in [-0.2, 0) is 6.61 Å². The molecule has 0 aliphatic carbocycles. The summed E-state index contributed by atoms with van der Waals surface area (Å²) in [6, 6.07) is 18.4. The summed E-state index contributed by atoms with van der Waals surface area (Å²) in [7, 11) is 1.51. The molecule has 0 unspecified atom stereocenters. The summed E-state index contributed by atoms with van der Waals surface area (Å²) < 4.78 is 26.6. The van der Waals surface area contributed by atoms with E-state index in [1.807, 2.05) is 12.1 Å². The number of nitro groups is 1. The van der Waals surface area contributed by atoms with E-state index in [1.54, 1.807) is 54.0 Å². The minimum atomic E-state index is -0.595. The number of benzene rings is 3. The van der Waals surface area contributed by atoms with Gasteiger partial charge in [0.2, 0.25) is 6.54 Å². The largest absolute Gasteiger partial charge is 0.493 e. The molecule has 11 heteroatoms. The Labute approximate surface area is 216 Å². The number of aromatic nitrogens is 3. The third kappa shape index (κ3) is 6.13. The predicted molar refractivity (Wildman–Crippen MR) is 135 cm³/mol. The van der Waals surface area contributed by atoms with Crippen molar-refractivity contribution in [2.24, 2.45) is 0 Å². The van der Waals surface area contributed by atoms with Crippen molar-refractivity contribution < 1.29 is 18.8 Å². The number of hydrogen-bond donors (Lipinski definition) is 0. The van der Waals surface area contributed by atoms with Gasteiger partial charge in [0.05, 0.1) is 7.11 Å². The molecule has 0 saturated carbocycles. The topological polar surface area (TPSA) is 92.3 Å². The molecule has 0 fully saturated rings. The maximum absolute atomic E-state index is 13.4. The molecule has 3 aromatic carbocycles. The van der Waals surface area contributed by atoms with Gasteiger partial charge in [-0.25, -0.2) is 4.39 Å². The van der Waals surface area contributed by atoms with Crippen LogP contribution in [0.15, 0.2) is 71.9 Å². The monoisotopic (exact) mass is 528 g/mol. The van der Waals surface area contributed by atoms with E-state index >= 15 is 0 Å². The van der Waals surface area contributed by atoms with Crippen LogP contribution < -0.4 is 9.47 Å². The van der Waals surface area contributed by atoms with Gasteiger partial charge in [-0.2, -0.15) is 0 Å². The van der Waals surface area contributed by atoms with E-state index in [0.717, 1.165) is 5.56 Å². The molecule has 4 rings (SSSR count). The number of nitrogens with zero attached hydrogens (tertiary/aromatic N) is 4. The number of hydrogen-bond acceptors (Lipinski definition) is 7. The number of methoxy groups -OCH3 is 1. The van der Waals surface area contributed by atoms with Crippen LogP contribution in [0.3, 0.4) is 0 Å². The summed E-state index contributed by atoms with van der Waals surface area (Å²) in [5, 5.41) is 20.3. The number of halogens is 2. The van der Waals surface area contributed by atoms with Crippen LogP contribution in [0.25, 0.3) is 5.69 Å². The fourth-order valence-electron chi connectivity index (χ4n) is 3.53. The smallest absolute Gasteiger partial charge is 0.220 e. The zero-order valence-electron chi connectivity index (χ0n) is 19.4. The molecule has 1 aromatic heterocycles. The lowest BCUT2D eigenvalue weighted by Gasteiger charge is -2.17. The Morgan fingerprint density at radius 3 is 2.47 bits per heavy atom. The van der Waals surface area contributed by atoms with Crippen LogP contribution in [0.4, 0.5) is 4.39 Å². The van der Waals surface area contributed by atoms with E-state index in [0.29, 0.717) is 45.4 Å². The van der Waals surface area contributed by atoms with E-state index in [4.69, 9.17) is 21.1 Å². The van der Waals surface area contributed by atoms with Gasteiger partial charge in [0, 0.05) is 15.6 Å². The normalized spacial score (nSPS) is 11.8. The lowest BCUT2D eigenvalue weighted by atomic mass is 10.1. The molecule has 1 heterocycles. The highest BCUT2D eigenvalue weighted by Crippen LogP contribution is 2.39. The molecular weight excluding hydrogens is 507 g/mol. The molecule has 0 bridgehead atoms. The van der Waals surface area contributed by atoms with Crippen molar-refractivity contribution in [3.63, 3.8) is 0 Å². The fourth-order valence-corrected chi connectivity index (χ4v) is 4.82. The molecular formula is C25H22ClFN4O4S. The molecule has 0 aliphatic heterocycles. The van der Waals surface area contributed by atoms with E-state index < -0.39 is 5.25 Å². The molecule has 0 saturated heterocycles. The Kier molecular flexibility index (Phi) is 8.07. The summed E-state index contributed by atoms with van der Waals surface area (Å²) in [6.45, 7) is 1.72. The van der Waals surface area contributed by atoms with Gasteiger partial charge in [0.15, 0.2) is 16.7 Å². The van der Waals surface area contributed by atoms with E-state index in [2.05, 4.69) is 10.2 Å². The third-order valence-corrected chi connectivity index (χ3v) is 6.74. The van der Waals surface area contributed by atoms with Crippen LogP contribution in [0, 0.1) is 22.9 Å². The Bertz CT molecular complexity index is 1350. The third-order valence-electron chi connectivity index (χ3n) is 5.31. The van der Waals surface area contributed by atoms with E-state index in [-0.39, 0.29) is 17.3 Å². The average molecular weight is 529 g/mol. The number of thioether (sulfide) groups is 1. The van der Waals surface area contributed by atoms with Crippen molar-refractivity contribution in [2.45, 2.75) is 23.9 Å². The van der Waals surface area contributed by atoms with Crippen LogP contribution in [0.5, 0.6) is 11.5 Å². The fraction of sp³-hybridized carbons (Fsp3) is 0.200. The van der Waals surface area contributed by atoms with E-state index in [1.165, 1.54) is 31.0 Å². The second-order valence-electron chi connectivity index (χ2n) is 7.79. The standard InChI is InChI=1S/C25H22ClFN4O4S/c1-16-28-29-25(31(16)21-10-8-20(27)9-11-21)36-24(14-30(32)33)18-5-12-22(23(13-18)34-2)35-15-17-3-6-19(26)7-4-17/h3-13,24H,14-15H2,1-2H3/t24-/m1/s1. The first-order valence-corrected chi connectivity index (χ1v) is 12.1. The SMILES string of the molecule is COc1cc([C@@H](C[N+](=O)[O-])Sc2nnc(C)n2-c2ccc(F)cc2)ccc1OCc1ccc(Cl)cc1. The van der Waals surface area contributed by atoms with Crippen LogP contribution in [0.2, 0.25) is 5.02 Å². The van der Waals surface area contributed by atoms with Gasteiger partial charge in [-0.3, -0.25) is 14.7 Å². The Hall–Kier alpha value is -3.63. The molecule has 0 aliphatic rings. The predicted octanol–water partition coefficient (Wildman–Crippen LogP) is 6.07. The number of aryl methyl sites for hydroxylation is 1. The quantitative estimate of drug-likeness (QED) is 0.140. The number of rotatable bonds is 10. The first-order valence-electron chi connectivity index (χ1n) is 10.9. The van der Waals surface area contributed by atoms with Gasteiger partial charge >= 0.3 is 0 Å². The summed E-state index contributed by atoms with van der Waals surface area (Å²) in [5.41, 5.74) is 2.26. The maximum atomic E-state index is 13.4. The molecule has 1 atom stereocenters. The van der Waals surface area contributed by atoms with Gasteiger partial charge in [0.1, 0.15) is 23.5 Å². The Morgan fingerprint density at radius 1 is 1.08 bits per heavy atom. The van der Waals surface area contributed by atoms with Crippen molar-refractivity contribution >= 4 is 23.4 Å². The molecule has 0 amide bonds. The molecule has 0 radical (unpaired) electrons. The van der Waals surface area contributed by atoms with Crippen LogP contribution in [-0.4, -0.2) is 33.3 Å². The number of ether oxygens (including phenoxy) is 2. The highest BCUT2D eigenvalue weighted by Gasteiger charge is 2.25. The first-order chi connectivity index (χ1) is 17.3. The molecule has 4 aromatic rings. The zero-order chi connectivity index (χ0) is 25.7. The zero-order valence-corrected chi connectivity index (χ0v) is 21.0. The van der Waals surface area contributed by atoms with Gasteiger partial charge in [0.25, 0.3) is 0 Å². The van der Waals surface area contributed by atoms with Crippen molar-refractivity contribution in [3.8, 4) is 17.2 Å². The van der Waals surface area contributed by atoms with Crippen molar-refractivity contribution in [1.82, 2.24) is 14.8 Å². The van der Waals surface area contributed by atoms with Gasteiger partial charge in [-0.05, 0) is 66.6 Å². The lowest BCUT2D eigenvalue weighted by molar-refractivity contribution is -0.479. The lowest BCUT2D eigenvalue weighted by Crippen LogP contribution is -2.11. The Balaban J connectivity index is 1.59. The van der Waals surface area contributed by atoms with Crippen molar-refractivity contribution in [2.75, 3.05) is 13.7 Å². The first kappa shape index (κ1) is 25.5. The molecule has 36 heavy (non-hydrogen) atoms. The minimum Gasteiger partial charge on any atom is -0.493 e. The second kappa shape index (κ2) is 11.4.